The summed E-state index contributed by atoms with van der Waals surface area (Å²) in [6, 6.07) is 12.3. The fourth-order valence-corrected chi connectivity index (χ4v) is 2.28. The summed E-state index contributed by atoms with van der Waals surface area (Å²) in [6.07, 6.45) is 0. The van der Waals surface area contributed by atoms with Crippen molar-refractivity contribution in [2.75, 3.05) is 0 Å². The number of nitrogens with one attached hydrogen (secondary N) is 1. The number of fused-ring (bicyclic) bond motifs is 1. The predicted molar refractivity (Wildman–Crippen MR) is 76.4 cm³/mol. The molecule has 0 spiro atoms. The minimum absolute atomic E-state index is 0.314. The molecule has 3 aromatic rings. The van der Waals surface area contributed by atoms with E-state index in [2.05, 4.69) is 20.9 Å². The number of carbonyl (C=O) groups is 1. The van der Waals surface area contributed by atoms with Crippen LogP contribution in [0.25, 0.3) is 22.6 Å². The molecule has 1 aromatic heterocycles. The highest BCUT2D eigenvalue weighted by Gasteiger charge is 2.11. The first-order chi connectivity index (χ1) is 9.67. The van der Waals surface area contributed by atoms with Crippen LogP contribution in [0.4, 0.5) is 0 Å². The molecule has 0 radical (unpaired) electrons. The predicted octanol–water partition coefficient (Wildman–Crippen LogP) is 3.38. The van der Waals surface area contributed by atoms with Crippen LogP contribution < -0.4 is 5.48 Å². The van der Waals surface area contributed by atoms with E-state index in [4.69, 9.17) is 9.62 Å². The van der Waals surface area contributed by atoms with E-state index in [9.17, 15) is 4.79 Å². The zero-order valence-electron chi connectivity index (χ0n) is 10.1. The Kier molecular flexibility index (Phi) is 3.25. The zero-order valence-corrected chi connectivity index (χ0v) is 11.7. The quantitative estimate of drug-likeness (QED) is 0.557. The van der Waals surface area contributed by atoms with Gasteiger partial charge in [0.25, 0.3) is 5.91 Å². The molecule has 0 aliphatic rings. The van der Waals surface area contributed by atoms with Crippen molar-refractivity contribution >= 4 is 32.9 Å². The molecule has 2 N–H and O–H groups in total. The summed E-state index contributed by atoms with van der Waals surface area (Å²) < 4.78 is 6.58. The molecule has 0 saturated heterocycles. The van der Waals surface area contributed by atoms with Crippen LogP contribution >= 0.6 is 15.9 Å². The minimum atomic E-state index is -0.584. The van der Waals surface area contributed by atoms with E-state index in [1.54, 1.807) is 23.7 Å². The van der Waals surface area contributed by atoms with Gasteiger partial charge in [0.05, 0.1) is 0 Å². The fraction of sp³-hybridized carbons (Fsp3) is 0. The maximum Gasteiger partial charge on any atom is 0.274 e. The number of halogens is 1. The lowest BCUT2D eigenvalue weighted by atomic mass is 10.2. The van der Waals surface area contributed by atoms with Crippen LogP contribution in [0.3, 0.4) is 0 Å². The number of amides is 1. The third-order valence-electron chi connectivity index (χ3n) is 2.82. The molecule has 3 rings (SSSR count). The van der Waals surface area contributed by atoms with E-state index in [1.807, 2.05) is 24.3 Å². The highest BCUT2D eigenvalue weighted by molar-refractivity contribution is 9.10. The summed E-state index contributed by atoms with van der Waals surface area (Å²) in [6.45, 7) is 0. The summed E-state index contributed by atoms with van der Waals surface area (Å²) in [5.41, 5.74) is 3.87. The summed E-state index contributed by atoms with van der Waals surface area (Å²) in [5.74, 6) is -0.109. The molecule has 1 heterocycles. The van der Waals surface area contributed by atoms with Crippen molar-refractivity contribution < 1.29 is 14.4 Å². The van der Waals surface area contributed by atoms with Gasteiger partial charge in [0.15, 0.2) is 5.58 Å². The van der Waals surface area contributed by atoms with Crippen molar-refractivity contribution in [3.8, 4) is 11.5 Å². The van der Waals surface area contributed by atoms with E-state index < -0.39 is 5.91 Å². The van der Waals surface area contributed by atoms with Crippen molar-refractivity contribution in [1.29, 1.82) is 0 Å². The van der Waals surface area contributed by atoms with Crippen LogP contribution in [0.5, 0.6) is 0 Å². The van der Waals surface area contributed by atoms with Gasteiger partial charge in [0.1, 0.15) is 5.52 Å². The molecule has 5 nitrogen and oxygen atoms in total. The Balaban J connectivity index is 2.09. The molecule has 0 aliphatic carbocycles. The SMILES string of the molecule is O=C(NO)c1ccc2oc(-c3cccc(Br)c3)nc2c1. The van der Waals surface area contributed by atoms with Crippen LogP contribution in [0, 0.1) is 0 Å². The number of carbonyl (C=O) groups excluding carboxylic acids is 1. The average molecular weight is 333 g/mol. The molecule has 0 saturated carbocycles. The van der Waals surface area contributed by atoms with Gasteiger partial charge in [-0.25, -0.2) is 10.5 Å². The highest BCUT2D eigenvalue weighted by Crippen LogP contribution is 2.26. The molecule has 100 valence electrons. The number of hydrogen-bond acceptors (Lipinski definition) is 4. The number of hydrogen-bond donors (Lipinski definition) is 2. The third-order valence-corrected chi connectivity index (χ3v) is 3.32. The minimum Gasteiger partial charge on any atom is -0.436 e. The Labute approximate surface area is 122 Å². The third kappa shape index (κ3) is 2.31. The molecular formula is C14H9BrN2O3. The van der Waals surface area contributed by atoms with Crippen molar-refractivity contribution in [2.24, 2.45) is 0 Å². The maximum absolute atomic E-state index is 11.4. The second-order valence-electron chi connectivity index (χ2n) is 4.15. The van der Waals surface area contributed by atoms with Crippen LogP contribution in [0.15, 0.2) is 51.4 Å². The molecule has 6 heteroatoms. The lowest BCUT2D eigenvalue weighted by molar-refractivity contribution is 0.0706. The normalized spacial score (nSPS) is 10.7. The van der Waals surface area contributed by atoms with Gasteiger partial charge in [-0.1, -0.05) is 22.0 Å². The lowest BCUT2D eigenvalue weighted by Crippen LogP contribution is -2.18. The van der Waals surface area contributed by atoms with Gasteiger partial charge in [-0.3, -0.25) is 10.0 Å². The maximum atomic E-state index is 11.4. The molecule has 0 bridgehead atoms. The van der Waals surface area contributed by atoms with Crippen molar-refractivity contribution in [1.82, 2.24) is 10.5 Å². The number of oxazole rings is 1. The Morgan fingerprint density at radius 1 is 1.25 bits per heavy atom. The van der Waals surface area contributed by atoms with Crippen molar-refractivity contribution in [3.05, 3.63) is 52.5 Å². The number of rotatable bonds is 2. The van der Waals surface area contributed by atoms with Gasteiger partial charge in [0, 0.05) is 15.6 Å². The smallest absolute Gasteiger partial charge is 0.274 e. The summed E-state index contributed by atoms with van der Waals surface area (Å²) in [5, 5.41) is 8.63. The van der Waals surface area contributed by atoms with E-state index in [-0.39, 0.29) is 0 Å². The van der Waals surface area contributed by atoms with E-state index in [1.165, 1.54) is 0 Å². The topological polar surface area (TPSA) is 75.4 Å². The molecule has 20 heavy (non-hydrogen) atoms. The second kappa shape index (κ2) is 5.07. The molecule has 0 unspecified atom stereocenters. The Hall–Kier alpha value is -2.18. The van der Waals surface area contributed by atoms with Crippen LogP contribution in [-0.4, -0.2) is 16.1 Å². The summed E-state index contributed by atoms with van der Waals surface area (Å²) >= 11 is 3.39. The number of nitrogens with zero attached hydrogens (tertiary/aromatic N) is 1. The zero-order chi connectivity index (χ0) is 14.1. The molecule has 0 fully saturated rings. The molecule has 0 atom stereocenters. The first kappa shape index (κ1) is 12.8. The fourth-order valence-electron chi connectivity index (χ4n) is 1.88. The van der Waals surface area contributed by atoms with Crippen molar-refractivity contribution in [3.63, 3.8) is 0 Å². The van der Waals surface area contributed by atoms with E-state index in [0.717, 1.165) is 10.0 Å². The van der Waals surface area contributed by atoms with Crippen molar-refractivity contribution in [2.45, 2.75) is 0 Å². The van der Waals surface area contributed by atoms with Crippen LogP contribution in [-0.2, 0) is 0 Å². The first-order valence-electron chi connectivity index (χ1n) is 5.78. The number of hydroxylamine groups is 1. The van der Waals surface area contributed by atoms with Gasteiger partial charge < -0.3 is 4.42 Å². The van der Waals surface area contributed by atoms with Gasteiger partial charge in [-0.2, -0.15) is 0 Å². The second-order valence-corrected chi connectivity index (χ2v) is 5.07. The summed E-state index contributed by atoms with van der Waals surface area (Å²) in [7, 11) is 0. The largest absolute Gasteiger partial charge is 0.436 e. The Bertz CT molecular complexity index is 798. The van der Waals surface area contributed by atoms with E-state index in [0.29, 0.717) is 22.6 Å². The lowest BCUT2D eigenvalue weighted by Gasteiger charge is -1.96. The van der Waals surface area contributed by atoms with Crippen LogP contribution in [0.2, 0.25) is 0 Å². The molecule has 2 aromatic carbocycles. The van der Waals surface area contributed by atoms with Gasteiger partial charge in [-0.05, 0) is 36.4 Å². The molecule has 0 aliphatic heterocycles. The standard InChI is InChI=1S/C14H9BrN2O3/c15-10-3-1-2-9(6-10)14-16-11-7-8(13(18)17-19)4-5-12(11)20-14/h1-7,19H,(H,17,18). The van der Waals surface area contributed by atoms with Gasteiger partial charge in [0.2, 0.25) is 5.89 Å². The Morgan fingerprint density at radius 2 is 2.10 bits per heavy atom. The monoisotopic (exact) mass is 332 g/mol. The van der Waals surface area contributed by atoms with E-state index >= 15 is 0 Å². The number of benzene rings is 2. The van der Waals surface area contributed by atoms with Crippen LogP contribution in [0.1, 0.15) is 10.4 Å². The average Bonchev–Trinajstić information content (AvgIpc) is 2.89. The first-order valence-corrected chi connectivity index (χ1v) is 6.57. The molecular weight excluding hydrogens is 324 g/mol. The summed E-state index contributed by atoms with van der Waals surface area (Å²) in [4.78, 5) is 15.7. The number of aromatic nitrogens is 1. The highest BCUT2D eigenvalue weighted by atomic mass is 79.9. The van der Waals surface area contributed by atoms with Gasteiger partial charge >= 0.3 is 0 Å². The molecule has 1 amide bonds. The Morgan fingerprint density at radius 3 is 2.85 bits per heavy atom. The van der Waals surface area contributed by atoms with Gasteiger partial charge in [-0.15, -0.1) is 0 Å².